The van der Waals surface area contributed by atoms with Crippen molar-refractivity contribution < 1.29 is 19.8 Å². The molecule has 0 aliphatic rings. The quantitative estimate of drug-likeness (QED) is 0.351. The number of aromatic nitrogens is 3. The van der Waals surface area contributed by atoms with E-state index >= 15 is 0 Å². The van der Waals surface area contributed by atoms with E-state index in [-0.39, 0.29) is 29.5 Å². The van der Waals surface area contributed by atoms with Crippen LogP contribution in [0.2, 0.25) is 10.0 Å². The van der Waals surface area contributed by atoms with E-state index in [1.165, 1.54) is 7.11 Å². The summed E-state index contributed by atoms with van der Waals surface area (Å²) in [6.07, 6.45) is -0.973. The van der Waals surface area contributed by atoms with Gasteiger partial charge in [0, 0.05) is 11.1 Å². The fourth-order valence-corrected chi connectivity index (χ4v) is 3.96. The Hall–Kier alpha value is -3.37. The zero-order valence-corrected chi connectivity index (χ0v) is 19.4. The van der Waals surface area contributed by atoms with Crippen LogP contribution in [0.15, 0.2) is 53.3 Å². The zero-order chi connectivity index (χ0) is 24.4. The summed E-state index contributed by atoms with van der Waals surface area (Å²) in [5.41, 5.74) is 7.07. The Morgan fingerprint density at radius 1 is 1.12 bits per heavy atom. The lowest BCUT2D eigenvalue weighted by molar-refractivity contribution is 0.0536. The molecule has 2 heterocycles. The Bertz CT molecular complexity index is 1390. The molecule has 4 aromatic rings. The monoisotopic (exact) mass is 502 g/mol. The van der Waals surface area contributed by atoms with Crippen molar-refractivity contribution in [1.29, 1.82) is 0 Å². The molecule has 0 bridgehead atoms. The van der Waals surface area contributed by atoms with E-state index < -0.39 is 18.3 Å². The van der Waals surface area contributed by atoms with Gasteiger partial charge in [-0.25, -0.2) is 9.97 Å². The number of hydrogen-bond acceptors (Lipinski definition) is 8. The molecule has 0 radical (unpaired) electrons. The van der Waals surface area contributed by atoms with E-state index in [9.17, 15) is 9.90 Å². The first-order valence-corrected chi connectivity index (χ1v) is 10.8. The SMILES string of the molecule is COn1c(=O)c(-c2c(Cl)cccc2Cl)cc2c(N)nc(-c3ccc(OCC(O)CO)cc3)nc21. The van der Waals surface area contributed by atoms with Crippen LogP contribution in [0.4, 0.5) is 5.82 Å². The van der Waals surface area contributed by atoms with E-state index in [4.69, 9.17) is 43.6 Å². The number of pyridine rings is 1. The van der Waals surface area contributed by atoms with Crippen molar-refractivity contribution in [3.05, 3.63) is 68.9 Å². The number of nitrogens with zero attached hydrogens (tertiary/aromatic N) is 3. The van der Waals surface area contributed by atoms with Crippen molar-refractivity contribution in [2.24, 2.45) is 0 Å². The minimum atomic E-state index is -0.973. The van der Waals surface area contributed by atoms with Crippen LogP contribution >= 0.6 is 23.2 Å². The van der Waals surface area contributed by atoms with E-state index in [0.717, 1.165) is 4.73 Å². The number of fused-ring (bicyclic) bond motifs is 1. The summed E-state index contributed by atoms with van der Waals surface area (Å²) < 4.78 is 6.42. The van der Waals surface area contributed by atoms with Crippen molar-refractivity contribution in [3.8, 4) is 28.3 Å². The number of ether oxygens (including phenoxy) is 1. The number of nitrogens with two attached hydrogens (primary N) is 1. The molecule has 0 saturated heterocycles. The number of aliphatic hydroxyl groups is 2. The molecule has 0 aliphatic carbocycles. The van der Waals surface area contributed by atoms with Crippen LogP contribution in [0.3, 0.4) is 0 Å². The molecule has 2 aromatic heterocycles. The predicted octanol–water partition coefficient (Wildman–Crippen LogP) is 2.80. The summed E-state index contributed by atoms with van der Waals surface area (Å²) in [5.74, 6) is 0.877. The van der Waals surface area contributed by atoms with Crippen LogP contribution in [0, 0.1) is 0 Å². The summed E-state index contributed by atoms with van der Waals surface area (Å²) in [7, 11) is 1.34. The van der Waals surface area contributed by atoms with Crippen molar-refractivity contribution in [1.82, 2.24) is 14.7 Å². The van der Waals surface area contributed by atoms with Gasteiger partial charge < -0.3 is 25.5 Å². The van der Waals surface area contributed by atoms with Crippen molar-refractivity contribution in [2.45, 2.75) is 6.10 Å². The second-order valence-electron chi connectivity index (χ2n) is 7.28. The summed E-state index contributed by atoms with van der Waals surface area (Å²) in [6, 6.07) is 13.2. The molecule has 0 saturated carbocycles. The minimum absolute atomic E-state index is 0.0484. The normalized spacial score (nSPS) is 12.0. The Labute approximate surface area is 203 Å². The van der Waals surface area contributed by atoms with E-state index in [1.54, 1.807) is 48.5 Å². The van der Waals surface area contributed by atoms with Crippen LogP contribution in [-0.4, -0.2) is 51.3 Å². The average molecular weight is 503 g/mol. The van der Waals surface area contributed by atoms with Gasteiger partial charge in [-0.1, -0.05) is 29.3 Å². The fourth-order valence-electron chi connectivity index (χ4n) is 3.36. The van der Waals surface area contributed by atoms with Gasteiger partial charge >= 0.3 is 0 Å². The van der Waals surface area contributed by atoms with E-state index in [1.807, 2.05) is 0 Å². The Balaban J connectivity index is 1.80. The maximum Gasteiger partial charge on any atom is 0.293 e. The number of anilines is 1. The van der Waals surface area contributed by atoms with Gasteiger partial charge in [0.05, 0.1) is 27.6 Å². The molecule has 0 fully saturated rings. The summed E-state index contributed by atoms with van der Waals surface area (Å²) >= 11 is 12.6. The van der Waals surface area contributed by atoms with Gasteiger partial charge in [0.15, 0.2) is 11.5 Å². The molecule has 176 valence electrons. The number of nitrogen functional groups attached to an aromatic ring is 1. The molecular weight excluding hydrogens is 483 g/mol. The van der Waals surface area contributed by atoms with Gasteiger partial charge in [-0.15, -0.1) is 4.73 Å². The number of benzene rings is 2. The van der Waals surface area contributed by atoms with Gasteiger partial charge in [0.25, 0.3) is 5.56 Å². The molecule has 0 amide bonds. The highest BCUT2D eigenvalue weighted by atomic mass is 35.5. The molecule has 4 rings (SSSR count). The summed E-state index contributed by atoms with van der Waals surface area (Å²) in [6.45, 7) is -0.443. The lowest BCUT2D eigenvalue weighted by Gasteiger charge is -2.14. The van der Waals surface area contributed by atoms with Crippen LogP contribution < -0.4 is 20.9 Å². The lowest BCUT2D eigenvalue weighted by atomic mass is 10.1. The molecule has 4 N–H and O–H groups in total. The standard InChI is InChI=1S/C23H20Cl2N4O5/c1-33-29-22-16(9-15(23(29)32)19-17(24)3-2-4-18(19)25)20(26)27-21(28-22)12-5-7-14(8-6-12)34-11-13(31)10-30/h2-9,13,30-31H,10-11H2,1H3,(H2,26,27,28). The molecule has 34 heavy (non-hydrogen) atoms. The minimum Gasteiger partial charge on any atom is -0.491 e. The van der Waals surface area contributed by atoms with Crippen LogP contribution in [0.5, 0.6) is 5.75 Å². The smallest absolute Gasteiger partial charge is 0.293 e. The second kappa shape index (κ2) is 9.86. The molecule has 9 nitrogen and oxygen atoms in total. The molecule has 1 unspecified atom stereocenters. The average Bonchev–Trinajstić information content (AvgIpc) is 2.83. The third-order valence-corrected chi connectivity index (χ3v) is 5.66. The zero-order valence-electron chi connectivity index (χ0n) is 17.9. The highest BCUT2D eigenvalue weighted by Gasteiger charge is 2.20. The van der Waals surface area contributed by atoms with Crippen LogP contribution in [-0.2, 0) is 0 Å². The first-order valence-electron chi connectivity index (χ1n) is 10.1. The van der Waals surface area contributed by atoms with Crippen molar-refractivity contribution in [3.63, 3.8) is 0 Å². The Kier molecular flexibility index (Phi) is 6.90. The molecule has 11 heteroatoms. The van der Waals surface area contributed by atoms with E-state index in [0.29, 0.717) is 32.3 Å². The first kappa shape index (κ1) is 23.8. The van der Waals surface area contributed by atoms with Crippen LogP contribution in [0.1, 0.15) is 0 Å². The fraction of sp³-hybridized carbons (Fsp3) is 0.174. The van der Waals surface area contributed by atoms with Gasteiger partial charge in [0.1, 0.15) is 31.4 Å². The highest BCUT2D eigenvalue weighted by molar-refractivity contribution is 6.39. The number of halogens is 2. The molecule has 2 aromatic carbocycles. The molecule has 0 aliphatic heterocycles. The molecular formula is C23H20Cl2N4O5. The first-order chi connectivity index (χ1) is 16.3. The van der Waals surface area contributed by atoms with Gasteiger partial charge in [-0.05, 0) is 42.5 Å². The maximum absolute atomic E-state index is 13.2. The third-order valence-electron chi connectivity index (χ3n) is 5.03. The molecule has 1 atom stereocenters. The number of hydrogen-bond donors (Lipinski definition) is 3. The van der Waals surface area contributed by atoms with Crippen LogP contribution in [0.25, 0.3) is 33.5 Å². The van der Waals surface area contributed by atoms with Gasteiger partial charge in [-0.2, -0.15) is 0 Å². The Morgan fingerprint density at radius 2 is 1.79 bits per heavy atom. The van der Waals surface area contributed by atoms with E-state index in [2.05, 4.69) is 9.97 Å². The number of rotatable bonds is 7. The van der Waals surface area contributed by atoms with Crippen molar-refractivity contribution >= 4 is 40.1 Å². The largest absolute Gasteiger partial charge is 0.491 e. The number of aliphatic hydroxyl groups excluding tert-OH is 2. The predicted molar refractivity (Wildman–Crippen MR) is 130 cm³/mol. The lowest BCUT2D eigenvalue weighted by Crippen LogP contribution is -2.27. The van der Waals surface area contributed by atoms with Gasteiger partial charge in [-0.3, -0.25) is 4.79 Å². The van der Waals surface area contributed by atoms with Crippen molar-refractivity contribution in [2.75, 3.05) is 26.1 Å². The third kappa shape index (κ3) is 4.51. The Morgan fingerprint density at radius 3 is 2.41 bits per heavy atom. The highest BCUT2D eigenvalue weighted by Crippen LogP contribution is 2.34. The maximum atomic E-state index is 13.2. The topological polar surface area (TPSA) is 133 Å². The summed E-state index contributed by atoms with van der Waals surface area (Å²) in [5, 5.41) is 19.3. The van der Waals surface area contributed by atoms with Gasteiger partial charge in [0.2, 0.25) is 0 Å². The summed E-state index contributed by atoms with van der Waals surface area (Å²) in [4.78, 5) is 27.5. The molecule has 0 spiro atoms. The second-order valence-corrected chi connectivity index (χ2v) is 8.09.